The van der Waals surface area contributed by atoms with Gasteiger partial charge in [-0.3, -0.25) is 43.2 Å². The van der Waals surface area contributed by atoms with Crippen LogP contribution in [0.1, 0.15) is 62.3 Å². The van der Waals surface area contributed by atoms with Gasteiger partial charge in [0.25, 0.3) is 0 Å². The molecule has 0 saturated carbocycles. The Labute approximate surface area is 286 Å². The molecule has 0 radical (unpaired) electrons. The predicted octanol–water partition coefficient (Wildman–Crippen LogP) is -0.624. The van der Waals surface area contributed by atoms with Gasteiger partial charge in [-0.25, -0.2) is 0 Å². The number of carbonyl (C=O) groups is 9. The minimum atomic E-state index is -1.97. The van der Waals surface area contributed by atoms with Gasteiger partial charge in [-0.15, -0.1) is 0 Å². The van der Waals surface area contributed by atoms with Crippen LogP contribution >= 0.6 is 0 Å². The largest absolute Gasteiger partial charge is 0.463 e. The third-order valence-electron chi connectivity index (χ3n) is 6.13. The summed E-state index contributed by atoms with van der Waals surface area (Å²) in [5, 5.41) is 0. The van der Waals surface area contributed by atoms with E-state index < -0.39 is 129 Å². The molecule has 0 aromatic rings. The fourth-order valence-electron chi connectivity index (χ4n) is 4.59. The monoisotopic (exact) mass is 722 g/mol. The van der Waals surface area contributed by atoms with Gasteiger partial charge >= 0.3 is 53.7 Å². The van der Waals surface area contributed by atoms with Crippen LogP contribution in [0, 0.1) is 0 Å². The Morgan fingerprint density at radius 2 is 0.860 bits per heavy atom. The third-order valence-corrected chi connectivity index (χ3v) is 6.13. The summed E-state index contributed by atoms with van der Waals surface area (Å²) in [7, 11) is 0. The molecular formula is C30H42O20. The molecule has 1 saturated heterocycles. The van der Waals surface area contributed by atoms with Gasteiger partial charge in [-0.1, -0.05) is 0 Å². The van der Waals surface area contributed by atoms with E-state index in [9.17, 15) is 43.2 Å². The van der Waals surface area contributed by atoms with Crippen LogP contribution in [0.5, 0.6) is 0 Å². The Hall–Kier alpha value is -4.85. The minimum Gasteiger partial charge on any atom is -0.463 e. The zero-order valence-corrected chi connectivity index (χ0v) is 29.0. The van der Waals surface area contributed by atoms with Gasteiger partial charge in [0, 0.05) is 62.3 Å². The van der Waals surface area contributed by atoms with Crippen molar-refractivity contribution >= 4 is 53.7 Å². The van der Waals surface area contributed by atoms with Crippen molar-refractivity contribution < 1.29 is 95.3 Å². The van der Waals surface area contributed by atoms with Crippen molar-refractivity contribution in [1.82, 2.24) is 0 Å². The molecule has 1 aliphatic heterocycles. The van der Waals surface area contributed by atoms with Crippen molar-refractivity contribution in [2.24, 2.45) is 0 Å². The molecule has 1 rings (SSSR count). The van der Waals surface area contributed by atoms with E-state index in [-0.39, 0.29) is 0 Å². The highest BCUT2D eigenvalue weighted by atomic mass is 16.8. The standard InChI is InChI=1S/C30H42O20/c1-13(31)40-10-22(43-16(4)34)25(45-18(6)36)26(23(44-17(5)35)11-41-14(2)32)50-30-29(48-21(9)39)28(47-20(8)38)27(46-19(7)37)24(49-30)12-42-15(3)33/h22-30H,10-12H2,1-9H3/t22-,23-,24-,25-,26-,27-,28+,29-,30-/m1/s1. The first-order valence-electron chi connectivity index (χ1n) is 15.0. The quantitative estimate of drug-likeness (QED) is 0.134. The molecule has 0 aromatic heterocycles. The number of ether oxygens (including phenoxy) is 11. The maximum atomic E-state index is 12.4. The maximum Gasteiger partial charge on any atom is 0.303 e. The van der Waals surface area contributed by atoms with Crippen LogP contribution in [0.2, 0.25) is 0 Å². The topological polar surface area (TPSA) is 255 Å². The van der Waals surface area contributed by atoms with Gasteiger partial charge in [0.15, 0.2) is 42.9 Å². The lowest BCUT2D eigenvalue weighted by Gasteiger charge is -2.46. The molecule has 50 heavy (non-hydrogen) atoms. The van der Waals surface area contributed by atoms with Crippen molar-refractivity contribution in [3.63, 3.8) is 0 Å². The number of esters is 9. The van der Waals surface area contributed by atoms with Crippen molar-refractivity contribution in [2.45, 2.75) is 117 Å². The van der Waals surface area contributed by atoms with Crippen molar-refractivity contribution in [2.75, 3.05) is 19.8 Å². The highest BCUT2D eigenvalue weighted by molar-refractivity contribution is 5.70. The van der Waals surface area contributed by atoms with Gasteiger partial charge in [0.2, 0.25) is 0 Å². The molecule has 20 heteroatoms. The average molecular weight is 723 g/mol. The first-order valence-corrected chi connectivity index (χ1v) is 15.0. The number of hydrogen-bond acceptors (Lipinski definition) is 20. The predicted molar refractivity (Wildman–Crippen MR) is 157 cm³/mol. The smallest absolute Gasteiger partial charge is 0.303 e. The summed E-state index contributed by atoms with van der Waals surface area (Å²) in [6, 6.07) is 0. The lowest BCUT2D eigenvalue weighted by molar-refractivity contribution is -0.331. The summed E-state index contributed by atoms with van der Waals surface area (Å²) in [6.45, 7) is 6.74. The number of carbonyl (C=O) groups excluding carboxylic acids is 9. The van der Waals surface area contributed by atoms with Gasteiger partial charge in [0.05, 0.1) is 0 Å². The summed E-state index contributed by atoms with van der Waals surface area (Å²) in [6.07, 6.45) is -15.9. The third kappa shape index (κ3) is 15.6. The van der Waals surface area contributed by atoms with Gasteiger partial charge in [-0.2, -0.15) is 0 Å². The molecule has 0 amide bonds. The first kappa shape index (κ1) is 43.2. The zero-order chi connectivity index (χ0) is 38.3. The van der Waals surface area contributed by atoms with Gasteiger partial charge in [0.1, 0.15) is 32.0 Å². The van der Waals surface area contributed by atoms with Crippen LogP contribution in [0.3, 0.4) is 0 Å². The maximum absolute atomic E-state index is 12.4. The average Bonchev–Trinajstić information content (AvgIpc) is 2.95. The van der Waals surface area contributed by atoms with Crippen LogP contribution in [-0.2, 0) is 95.3 Å². The van der Waals surface area contributed by atoms with E-state index in [2.05, 4.69) is 0 Å². The second-order valence-corrected chi connectivity index (χ2v) is 10.6. The van der Waals surface area contributed by atoms with E-state index in [1.807, 2.05) is 0 Å². The molecule has 0 bridgehead atoms. The van der Waals surface area contributed by atoms with E-state index >= 15 is 0 Å². The highest BCUT2D eigenvalue weighted by Gasteiger charge is 2.55. The van der Waals surface area contributed by atoms with Crippen molar-refractivity contribution in [3.8, 4) is 0 Å². The van der Waals surface area contributed by atoms with Gasteiger partial charge in [-0.05, 0) is 0 Å². The molecule has 0 aliphatic carbocycles. The Bertz CT molecular complexity index is 1260. The van der Waals surface area contributed by atoms with Gasteiger partial charge < -0.3 is 52.1 Å². The SMILES string of the molecule is CC(=O)OC[C@H]1O[C@H](O[C@@H]([C@H](OC(C)=O)[C@@H](COC(C)=O)OC(C)=O)[C@@H](COC(C)=O)OC(C)=O)[C@H](OC(C)=O)[C@@H](OC(C)=O)[C@@H]1OC(C)=O. The fraction of sp³-hybridized carbons (Fsp3) is 0.700. The van der Waals surface area contributed by atoms with Crippen LogP contribution in [-0.4, -0.2) is 129 Å². The Morgan fingerprint density at radius 1 is 0.460 bits per heavy atom. The van der Waals surface area contributed by atoms with Crippen LogP contribution in [0.15, 0.2) is 0 Å². The molecule has 1 aliphatic rings. The first-order chi connectivity index (χ1) is 23.2. The summed E-state index contributed by atoms with van der Waals surface area (Å²) in [4.78, 5) is 109. The van der Waals surface area contributed by atoms with Crippen LogP contribution in [0.4, 0.5) is 0 Å². The van der Waals surface area contributed by atoms with E-state index in [1.54, 1.807) is 0 Å². The molecule has 282 valence electrons. The molecule has 9 atom stereocenters. The zero-order valence-electron chi connectivity index (χ0n) is 29.0. The normalized spacial score (nSPS) is 22.1. The summed E-state index contributed by atoms with van der Waals surface area (Å²) in [5.41, 5.74) is 0. The molecule has 1 fully saturated rings. The van der Waals surface area contributed by atoms with E-state index in [1.165, 1.54) is 0 Å². The number of hydrogen-bond donors (Lipinski definition) is 0. The van der Waals surface area contributed by atoms with Crippen molar-refractivity contribution in [3.05, 3.63) is 0 Å². The highest BCUT2D eigenvalue weighted by Crippen LogP contribution is 2.33. The molecule has 20 nitrogen and oxygen atoms in total. The Kier molecular flexibility index (Phi) is 17.8. The van der Waals surface area contributed by atoms with Crippen LogP contribution < -0.4 is 0 Å². The van der Waals surface area contributed by atoms with E-state index in [0.717, 1.165) is 62.3 Å². The van der Waals surface area contributed by atoms with Crippen molar-refractivity contribution in [1.29, 1.82) is 0 Å². The van der Waals surface area contributed by atoms with E-state index in [4.69, 9.17) is 52.1 Å². The molecule has 0 N–H and O–H groups in total. The summed E-state index contributed by atoms with van der Waals surface area (Å²) in [5.74, 6) is -8.38. The lowest BCUT2D eigenvalue weighted by Crippen LogP contribution is -2.65. The molecule has 0 spiro atoms. The second-order valence-electron chi connectivity index (χ2n) is 10.6. The summed E-state index contributed by atoms with van der Waals surface area (Å²) < 4.78 is 59.5. The van der Waals surface area contributed by atoms with E-state index in [0.29, 0.717) is 0 Å². The Morgan fingerprint density at radius 3 is 1.26 bits per heavy atom. The second kappa shape index (κ2) is 20.6. The molecular weight excluding hydrogens is 680 g/mol. The Balaban J connectivity index is 4.07. The lowest BCUT2D eigenvalue weighted by atomic mass is 9.97. The molecule has 1 heterocycles. The molecule has 0 aromatic carbocycles. The fourth-order valence-corrected chi connectivity index (χ4v) is 4.59. The van der Waals surface area contributed by atoms with Crippen LogP contribution in [0.25, 0.3) is 0 Å². The minimum absolute atomic E-state index is 0.654. The summed E-state index contributed by atoms with van der Waals surface area (Å²) >= 11 is 0. The molecule has 0 unspecified atom stereocenters. The number of rotatable bonds is 17.